The number of hydrogen-bond donors (Lipinski definition) is 0. The second kappa shape index (κ2) is 15.0. The van der Waals surface area contributed by atoms with Crippen LogP contribution in [0.1, 0.15) is 107 Å². The highest BCUT2D eigenvalue weighted by Crippen LogP contribution is 2.37. The molecule has 2 aliphatic rings. The summed E-state index contributed by atoms with van der Waals surface area (Å²) >= 11 is 0. The van der Waals surface area contributed by atoms with E-state index in [2.05, 4.69) is 49.4 Å². The zero-order valence-corrected chi connectivity index (χ0v) is 21.2. The molecule has 1 aromatic rings. The maximum atomic E-state index is 12.9. The van der Waals surface area contributed by atoms with Crippen LogP contribution in [0.5, 0.6) is 0 Å². The van der Waals surface area contributed by atoms with Gasteiger partial charge in [0.2, 0.25) is 0 Å². The van der Waals surface area contributed by atoms with Crippen LogP contribution in [0.3, 0.4) is 0 Å². The number of hydrogen-bond acceptors (Lipinski definition) is 1. The average molecular weight is 462 g/mol. The van der Waals surface area contributed by atoms with Gasteiger partial charge in [0.05, 0.1) is 0 Å². The molecule has 0 aliphatic heterocycles. The van der Waals surface area contributed by atoms with Gasteiger partial charge in [0.15, 0.2) is 5.83 Å². The summed E-state index contributed by atoms with van der Waals surface area (Å²) in [6.45, 7) is 2.28. The Morgan fingerprint density at radius 3 is 1.97 bits per heavy atom. The standard InChI is InChI=1S/C32H44FN/c1-2-3-4-5-6-8-26-17-21-30(22-18-26)31-23-19-29(20-24-31)16-15-28-13-11-27(12-14-28)9-7-10-32(33)25-34/h7,9-10,15-18,21-22,27-29,31H,2-6,8,11-14,19-20,23-24H2,1H3/t27-,28-,29-,31-. The summed E-state index contributed by atoms with van der Waals surface area (Å²) in [6, 6.07) is 11.1. The first-order valence-electron chi connectivity index (χ1n) is 13.9. The molecular weight excluding hydrogens is 417 g/mol. The Morgan fingerprint density at radius 1 is 0.824 bits per heavy atom. The number of allylic oxidation sites excluding steroid dienone is 6. The first-order valence-corrected chi connectivity index (χ1v) is 13.9. The number of benzene rings is 1. The van der Waals surface area contributed by atoms with Crippen LogP contribution in [0.2, 0.25) is 0 Å². The van der Waals surface area contributed by atoms with Crippen LogP contribution in [0, 0.1) is 29.1 Å². The molecule has 0 spiro atoms. The fourth-order valence-electron chi connectivity index (χ4n) is 5.71. The number of unbranched alkanes of at least 4 members (excludes halogenated alkanes) is 4. The Labute approximate surface area is 207 Å². The van der Waals surface area contributed by atoms with Crippen LogP contribution in [-0.2, 0) is 6.42 Å². The molecule has 0 aromatic heterocycles. The first kappa shape index (κ1) is 26.5. The third-order valence-electron chi connectivity index (χ3n) is 8.00. The minimum absolute atomic E-state index is 0.523. The molecule has 1 aromatic carbocycles. The van der Waals surface area contributed by atoms with E-state index >= 15 is 0 Å². The Morgan fingerprint density at radius 2 is 1.38 bits per heavy atom. The van der Waals surface area contributed by atoms with Crippen LogP contribution in [-0.4, -0.2) is 0 Å². The van der Waals surface area contributed by atoms with Gasteiger partial charge in [-0.1, -0.05) is 81.2 Å². The largest absolute Gasteiger partial charge is 0.199 e. The quantitative estimate of drug-likeness (QED) is 0.139. The van der Waals surface area contributed by atoms with Gasteiger partial charge < -0.3 is 0 Å². The van der Waals surface area contributed by atoms with E-state index in [1.165, 1.54) is 94.8 Å². The molecule has 1 nitrogen and oxygen atoms in total. The summed E-state index contributed by atoms with van der Waals surface area (Å²) in [7, 11) is 0. The van der Waals surface area contributed by atoms with Gasteiger partial charge in [0.25, 0.3) is 0 Å². The lowest BCUT2D eigenvalue weighted by Gasteiger charge is -2.28. The van der Waals surface area contributed by atoms with Crippen molar-refractivity contribution in [1.82, 2.24) is 0 Å². The predicted octanol–water partition coefficient (Wildman–Crippen LogP) is 9.77. The van der Waals surface area contributed by atoms with Crippen molar-refractivity contribution in [2.24, 2.45) is 17.8 Å². The van der Waals surface area contributed by atoms with Gasteiger partial charge in [-0.05, 0) is 105 Å². The van der Waals surface area contributed by atoms with Gasteiger partial charge in [-0.3, -0.25) is 0 Å². The molecule has 0 bridgehead atoms. The van der Waals surface area contributed by atoms with E-state index in [1.54, 1.807) is 11.6 Å². The molecule has 0 unspecified atom stereocenters. The number of aryl methyl sites for hydroxylation is 1. The molecular formula is C32H44FN. The van der Waals surface area contributed by atoms with Crippen molar-refractivity contribution >= 4 is 0 Å². The second-order valence-corrected chi connectivity index (χ2v) is 10.6. The molecule has 2 fully saturated rings. The molecule has 34 heavy (non-hydrogen) atoms. The molecule has 2 saturated carbocycles. The molecule has 184 valence electrons. The Balaban J connectivity index is 1.34. The molecule has 0 atom stereocenters. The molecule has 0 amide bonds. The third-order valence-corrected chi connectivity index (χ3v) is 8.00. The van der Waals surface area contributed by atoms with Crippen molar-refractivity contribution in [2.45, 2.75) is 103 Å². The van der Waals surface area contributed by atoms with E-state index in [-0.39, 0.29) is 0 Å². The number of rotatable bonds is 11. The summed E-state index contributed by atoms with van der Waals surface area (Å²) in [4.78, 5) is 0. The second-order valence-electron chi connectivity index (χ2n) is 10.6. The Kier molecular flexibility index (Phi) is 11.7. The van der Waals surface area contributed by atoms with Crippen LogP contribution >= 0.6 is 0 Å². The summed E-state index contributed by atoms with van der Waals surface area (Å²) in [5.74, 6) is 1.99. The minimum atomic E-state index is -0.715. The van der Waals surface area contributed by atoms with Crippen molar-refractivity contribution in [3.63, 3.8) is 0 Å². The molecule has 0 radical (unpaired) electrons. The highest BCUT2D eigenvalue weighted by molar-refractivity contribution is 5.26. The molecule has 2 aliphatic carbocycles. The highest BCUT2D eigenvalue weighted by Gasteiger charge is 2.22. The van der Waals surface area contributed by atoms with E-state index in [1.807, 2.05) is 0 Å². The zero-order valence-electron chi connectivity index (χ0n) is 21.2. The molecule has 3 rings (SSSR count). The maximum absolute atomic E-state index is 12.9. The van der Waals surface area contributed by atoms with Crippen LogP contribution in [0.4, 0.5) is 4.39 Å². The van der Waals surface area contributed by atoms with Crippen molar-refractivity contribution in [3.05, 3.63) is 71.6 Å². The molecule has 0 N–H and O–H groups in total. The fourth-order valence-corrected chi connectivity index (χ4v) is 5.71. The third kappa shape index (κ3) is 9.25. The predicted molar refractivity (Wildman–Crippen MR) is 142 cm³/mol. The average Bonchev–Trinajstić information content (AvgIpc) is 2.88. The summed E-state index contributed by atoms with van der Waals surface area (Å²) in [5.41, 5.74) is 3.06. The Hall–Kier alpha value is -2.14. The molecule has 2 heteroatoms. The van der Waals surface area contributed by atoms with Crippen molar-refractivity contribution in [2.75, 3.05) is 0 Å². The van der Waals surface area contributed by atoms with Crippen molar-refractivity contribution in [1.29, 1.82) is 5.26 Å². The van der Waals surface area contributed by atoms with E-state index in [0.29, 0.717) is 11.8 Å². The Bertz CT molecular complexity index is 825. The smallest absolute Gasteiger partial charge is 0.195 e. The van der Waals surface area contributed by atoms with Crippen molar-refractivity contribution in [3.8, 4) is 6.07 Å². The lowest BCUT2D eigenvalue weighted by molar-refractivity contribution is 0.348. The summed E-state index contributed by atoms with van der Waals surface area (Å²) in [5, 5.41) is 8.47. The summed E-state index contributed by atoms with van der Waals surface area (Å²) in [6.07, 6.45) is 28.1. The van der Waals surface area contributed by atoms with E-state index in [9.17, 15) is 4.39 Å². The van der Waals surface area contributed by atoms with Gasteiger partial charge in [0, 0.05) is 0 Å². The maximum Gasteiger partial charge on any atom is 0.199 e. The lowest BCUT2D eigenvalue weighted by atomic mass is 9.77. The van der Waals surface area contributed by atoms with Crippen LogP contribution in [0.25, 0.3) is 0 Å². The number of nitrogens with zero attached hydrogens (tertiary/aromatic N) is 1. The zero-order chi connectivity index (χ0) is 24.0. The van der Waals surface area contributed by atoms with Gasteiger partial charge in [-0.15, -0.1) is 0 Å². The monoisotopic (exact) mass is 461 g/mol. The van der Waals surface area contributed by atoms with Crippen LogP contribution in [0.15, 0.2) is 60.5 Å². The van der Waals surface area contributed by atoms with Gasteiger partial charge >= 0.3 is 0 Å². The number of nitriles is 1. The minimum Gasteiger partial charge on any atom is -0.195 e. The molecule has 0 saturated heterocycles. The van der Waals surface area contributed by atoms with Crippen molar-refractivity contribution < 1.29 is 4.39 Å². The van der Waals surface area contributed by atoms with E-state index in [0.717, 1.165) is 24.7 Å². The van der Waals surface area contributed by atoms with E-state index in [4.69, 9.17) is 5.26 Å². The summed E-state index contributed by atoms with van der Waals surface area (Å²) < 4.78 is 12.9. The van der Waals surface area contributed by atoms with Gasteiger partial charge in [-0.25, -0.2) is 0 Å². The van der Waals surface area contributed by atoms with Crippen LogP contribution < -0.4 is 0 Å². The normalized spacial score (nSPS) is 26.2. The fraction of sp³-hybridized carbons (Fsp3) is 0.594. The SMILES string of the molecule is CCCCCCCc1ccc([C@H]2CC[C@H](C=C[C@H]3CC[C@H](C=CC=C(F)C#N)CC3)CC2)cc1. The van der Waals surface area contributed by atoms with E-state index < -0.39 is 5.83 Å². The lowest BCUT2D eigenvalue weighted by Crippen LogP contribution is -2.14. The molecule has 0 heterocycles. The first-order chi connectivity index (χ1) is 16.7. The van der Waals surface area contributed by atoms with Gasteiger partial charge in [-0.2, -0.15) is 9.65 Å². The highest BCUT2D eigenvalue weighted by atomic mass is 19.1. The van der Waals surface area contributed by atoms with Gasteiger partial charge in [0.1, 0.15) is 6.07 Å². The number of halogens is 1. The topological polar surface area (TPSA) is 23.8 Å².